The molecule has 2 aliphatic carbocycles. The number of para-hydroxylation sites is 1. The Morgan fingerprint density at radius 3 is 1.50 bits per heavy atom. The molecule has 1 spiro atoms. The Bertz CT molecular complexity index is 4120. The Kier molecular flexibility index (Phi) is 7.21. The Morgan fingerprint density at radius 1 is 0.258 bits per heavy atom. The summed E-state index contributed by atoms with van der Waals surface area (Å²) in [6.45, 7) is 0. The van der Waals surface area contributed by atoms with Gasteiger partial charge in [0, 0.05) is 10.8 Å². The highest BCUT2D eigenvalue weighted by Crippen LogP contribution is 2.65. The lowest BCUT2D eigenvalue weighted by Gasteiger charge is -2.31. The van der Waals surface area contributed by atoms with Crippen molar-refractivity contribution in [1.82, 2.24) is 0 Å². The minimum atomic E-state index is -0.425. The minimum Gasteiger partial charge on any atom is -0.456 e. The lowest BCUT2D eigenvalue weighted by Crippen LogP contribution is -2.26. The van der Waals surface area contributed by atoms with Crippen LogP contribution in [0.2, 0.25) is 0 Å². The molecule has 0 aliphatic heterocycles. The van der Waals surface area contributed by atoms with Crippen LogP contribution in [0.25, 0.3) is 121 Å². The fraction of sp³-hybridized carbons (Fsp3) is 0.0154. The fourth-order valence-corrected chi connectivity index (χ4v) is 12.4. The van der Waals surface area contributed by atoms with E-state index in [1.165, 1.54) is 121 Å². The third-order valence-corrected chi connectivity index (χ3v) is 15.1. The summed E-state index contributed by atoms with van der Waals surface area (Å²) >= 11 is 0. The summed E-state index contributed by atoms with van der Waals surface area (Å²) in [4.78, 5) is 0. The van der Waals surface area contributed by atoms with Crippen molar-refractivity contribution in [3.05, 3.63) is 253 Å². The van der Waals surface area contributed by atoms with E-state index in [1.807, 2.05) is 6.07 Å². The van der Waals surface area contributed by atoms with E-state index in [0.717, 1.165) is 21.9 Å². The molecule has 0 saturated carbocycles. The van der Waals surface area contributed by atoms with Crippen LogP contribution in [-0.2, 0) is 5.41 Å². The zero-order valence-corrected chi connectivity index (χ0v) is 35.8. The first-order valence-electron chi connectivity index (χ1n) is 23.0. The summed E-state index contributed by atoms with van der Waals surface area (Å²) < 4.78 is 6.24. The molecule has 2 aliphatic rings. The first kappa shape index (κ1) is 35.9. The van der Waals surface area contributed by atoms with E-state index in [9.17, 15) is 0 Å². The van der Waals surface area contributed by atoms with Crippen molar-refractivity contribution in [3.8, 4) is 55.6 Å². The highest BCUT2D eigenvalue weighted by atomic mass is 16.3. The van der Waals surface area contributed by atoms with Gasteiger partial charge >= 0.3 is 0 Å². The van der Waals surface area contributed by atoms with Gasteiger partial charge in [-0.1, -0.05) is 206 Å². The van der Waals surface area contributed by atoms with Gasteiger partial charge in [-0.2, -0.15) is 0 Å². The van der Waals surface area contributed by atoms with Gasteiger partial charge in [0.25, 0.3) is 0 Å². The molecule has 1 heteroatoms. The highest BCUT2D eigenvalue weighted by molar-refractivity contribution is 6.22. The van der Waals surface area contributed by atoms with Crippen molar-refractivity contribution < 1.29 is 4.42 Å². The summed E-state index contributed by atoms with van der Waals surface area (Å²) in [5.74, 6) is 0. The van der Waals surface area contributed by atoms with Crippen LogP contribution in [-0.4, -0.2) is 0 Å². The topological polar surface area (TPSA) is 13.1 Å². The van der Waals surface area contributed by atoms with Crippen molar-refractivity contribution in [3.63, 3.8) is 0 Å². The van der Waals surface area contributed by atoms with Gasteiger partial charge in [-0.05, 0) is 145 Å². The standard InChI is InChI=1S/C65H38O/c1-2-14-45-40(13-1)31-35-58-63(45)54-34-30-43-37-42(29-33-46(43)64(54)65(58)56-22-10-7-15-47(56)48-16-8-11-23-57(48)65)39-25-27-41(28-26-39)61-50-18-3-5-20-52(50)62(53-21-6-4-19-51(53)61)44-32-36-60-55(38-44)49-17-9-12-24-59(49)66-60/h1-38H. The van der Waals surface area contributed by atoms with Gasteiger partial charge in [0.2, 0.25) is 0 Å². The molecule has 304 valence electrons. The molecule has 0 atom stereocenters. The number of rotatable bonds is 3. The summed E-state index contributed by atoms with van der Waals surface area (Å²) in [5, 5.41) is 12.4. The van der Waals surface area contributed by atoms with Crippen molar-refractivity contribution in [2.24, 2.45) is 0 Å². The first-order chi connectivity index (χ1) is 32.7. The summed E-state index contributed by atoms with van der Waals surface area (Å²) in [6.07, 6.45) is 0. The van der Waals surface area contributed by atoms with Gasteiger partial charge in [-0.3, -0.25) is 0 Å². The van der Waals surface area contributed by atoms with Gasteiger partial charge < -0.3 is 4.42 Å². The molecular weight excluding hydrogens is 797 g/mol. The summed E-state index contributed by atoms with van der Waals surface area (Å²) in [5.41, 5.74) is 19.6. The third kappa shape index (κ3) is 4.68. The molecule has 0 fully saturated rings. The Hall–Kier alpha value is -8.52. The third-order valence-electron chi connectivity index (χ3n) is 15.1. The molecule has 1 heterocycles. The van der Waals surface area contributed by atoms with Crippen LogP contribution in [0.5, 0.6) is 0 Å². The van der Waals surface area contributed by atoms with E-state index in [2.05, 4.69) is 224 Å². The molecule has 0 N–H and O–H groups in total. The maximum atomic E-state index is 6.24. The van der Waals surface area contributed by atoms with Crippen molar-refractivity contribution in [1.29, 1.82) is 0 Å². The predicted molar refractivity (Wildman–Crippen MR) is 276 cm³/mol. The van der Waals surface area contributed by atoms with Crippen LogP contribution in [0.1, 0.15) is 22.3 Å². The van der Waals surface area contributed by atoms with Crippen LogP contribution in [0, 0.1) is 0 Å². The van der Waals surface area contributed by atoms with Gasteiger partial charge in [-0.25, -0.2) is 0 Å². The fourth-order valence-electron chi connectivity index (χ4n) is 12.4. The molecule has 1 nitrogen and oxygen atoms in total. The Labute approximate surface area is 381 Å². The largest absolute Gasteiger partial charge is 0.456 e. The van der Waals surface area contributed by atoms with Gasteiger partial charge in [0.1, 0.15) is 11.2 Å². The maximum absolute atomic E-state index is 6.24. The second kappa shape index (κ2) is 13.3. The molecule has 1 aromatic heterocycles. The highest BCUT2D eigenvalue weighted by Gasteiger charge is 2.52. The molecule has 15 rings (SSSR count). The van der Waals surface area contributed by atoms with Crippen molar-refractivity contribution in [2.75, 3.05) is 0 Å². The average molecular weight is 835 g/mol. The molecule has 12 aromatic carbocycles. The molecule has 0 unspecified atom stereocenters. The molecule has 0 bridgehead atoms. The van der Waals surface area contributed by atoms with E-state index >= 15 is 0 Å². The normalized spacial score (nSPS) is 13.3. The Balaban J connectivity index is 0.887. The second-order valence-electron chi connectivity index (χ2n) is 18.2. The molecule has 0 radical (unpaired) electrons. The van der Waals surface area contributed by atoms with E-state index in [0.29, 0.717) is 0 Å². The van der Waals surface area contributed by atoms with Crippen LogP contribution in [0.15, 0.2) is 235 Å². The zero-order valence-electron chi connectivity index (χ0n) is 35.8. The van der Waals surface area contributed by atoms with Crippen LogP contribution in [0.4, 0.5) is 0 Å². The zero-order chi connectivity index (χ0) is 43.1. The van der Waals surface area contributed by atoms with E-state index in [1.54, 1.807) is 0 Å². The number of benzene rings is 12. The van der Waals surface area contributed by atoms with Gasteiger partial charge in [0.15, 0.2) is 0 Å². The number of hydrogen-bond donors (Lipinski definition) is 0. The maximum Gasteiger partial charge on any atom is 0.135 e. The van der Waals surface area contributed by atoms with Gasteiger partial charge in [0.05, 0.1) is 5.41 Å². The number of hydrogen-bond acceptors (Lipinski definition) is 1. The van der Waals surface area contributed by atoms with Crippen LogP contribution in [0.3, 0.4) is 0 Å². The second-order valence-corrected chi connectivity index (χ2v) is 18.2. The van der Waals surface area contributed by atoms with E-state index in [4.69, 9.17) is 4.42 Å². The van der Waals surface area contributed by atoms with Crippen LogP contribution >= 0.6 is 0 Å². The monoisotopic (exact) mass is 834 g/mol. The quantitative estimate of drug-likeness (QED) is 0.162. The van der Waals surface area contributed by atoms with Crippen LogP contribution < -0.4 is 0 Å². The molecule has 66 heavy (non-hydrogen) atoms. The number of fused-ring (bicyclic) bond motifs is 19. The van der Waals surface area contributed by atoms with E-state index in [-0.39, 0.29) is 0 Å². The smallest absolute Gasteiger partial charge is 0.135 e. The lowest BCUT2D eigenvalue weighted by atomic mass is 9.69. The molecule has 0 amide bonds. The minimum absolute atomic E-state index is 0.425. The average Bonchev–Trinajstić information content (AvgIpc) is 4.02. The Morgan fingerprint density at radius 2 is 0.788 bits per heavy atom. The lowest BCUT2D eigenvalue weighted by molar-refractivity contribution is 0.669. The number of furan rings is 1. The van der Waals surface area contributed by atoms with E-state index < -0.39 is 5.41 Å². The van der Waals surface area contributed by atoms with Crippen molar-refractivity contribution in [2.45, 2.75) is 5.41 Å². The summed E-state index contributed by atoms with van der Waals surface area (Å²) in [7, 11) is 0. The van der Waals surface area contributed by atoms with Crippen molar-refractivity contribution >= 4 is 65.0 Å². The SMILES string of the molecule is c1ccc2c(c1)-c1ccccc1C21c2ccc3ccccc3c2-c2ccc3cc(-c4ccc(-c5c6ccccc6c(-c6ccc7oc8ccccc8c7c6)c6ccccc56)cc4)ccc3c21. The molecular formula is C65H38O. The first-order valence-corrected chi connectivity index (χ1v) is 23.0. The predicted octanol–water partition coefficient (Wildman–Crippen LogP) is 17.5. The molecule has 0 saturated heterocycles. The summed E-state index contributed by atoms with van der Waals surface area (Å²) in [6, 6.07) is 85.9. The molecule has 13 aromatic rings. The van der Waals surface area contributed by atoms with Gasteiger partial charge in [-0.15, -0.1) is 0 Å².